The van der Waals surface area contributed by atoms with Gasteiger partial charge in [0, 0.05) is 46.1 Å². The molecule has 3 heterocycles. The van der Waals surface area contributed by atoms with E-state index in [9.17, 15) is 10.1 Å². The zero-order valence-electron chi connectivity index (χ0n) is 15.7. The lowest BCUT2D eigenvalue weighted by Gasteiger charge is -2.41. The van der Waals surface area contributed by atoms with E-state index in [0.717, 1.165) is 12.0 Å². The van der Waals surface area contributed by atoms with Crippen LogP contribution in [-0.4, -0.2) is 42.6 Å². The standard InChI is InChI=1S/C19H24N4O3S/c1-3-9-26-19(25-2)5-7-23(8-6-19)17-15(12-20)18(24)22-16(21-17)11-14-4-10-27-13-14/h4,10,13H,3,5-9,11H2,1-2H3,(H,21,22,24). The second kappa shape index (κ2) is 8.65. The number of anilines is 1. The highest BCUT2D eigenvalue weighted by molar-refractivity contribution is 7.07. The highest BCUT2D eigenvalue weighted by atomic mass is 32.1. The van der Waals surface area contributed by atoms with Crippen molar-refractivity contribution >= 4 is 17.2 Å². The lowest BCUT2D eigenvalue weighted by molar-refractivity contribution is -0.232. The molecule has 8 heteroatoms. The van der Waals surface area contributed by atoms with Crippen molar-refractivity contribution < 1.29 is 9.47 Å². The van der Waals surface area contributed by atoms with E-state index in [1.54, 1.807) is 18.4 Å². The topological polar surface area (TPSA) is 91.2 Å². The molecule has 2 aromatic rings. The van der Waals surface area contributed by atoms with Crippen LogP contribution in [0.3, 0.4) is 0 Å². The fraction of sp³-hybridized carbons (Fsp3) is 0.526. The second-order valence-electron chi connectivity index (χ2n) is 6.58. The number of piperidine rings is 1. The summed E-state index contributed by atoms with van der Waals surface area (Å²) in [5.41, 5.74) is 0.755. The van der Waals surface area contributed by atoms with Gasteiger partial charge in [0.1, 0.15) is 11.9 Å². The van der Waals surface area contributed by atoms with Crippen molar-refractivity contribution in [1.29, 1.82) is 5.26 Å². The van der Waals surface area contributed by atoms with E-state index in [-0.39, 0.29) is 5.56 Å². The molecule has 0 saturated carbocycles. The first-order valence-electron chi connectivity index (χ1n) is 9.09. The van der Waals surface area contributed by atoms with Crippen LogP contribution < -0.4 is 10.5 Å². The minimum atomic E-state index is -0.597. The highest BCUT2D eigenvalue weighted by Crippen LogP contribution is 2.30. The number of hydrogen-bond donors (Lipinski definition) is 1. The van der Waals surface area contributed by atoms with Gasteiger partial charge >= 0.3 is 0 Å². The van der Waals surface area contributed by atoms with Gasteiger partial charge in [-0.2, -0.15) is 16.6 Å². The van der Waals surface area contributed by atoms with Crippen LogP contribution in [0.15, 0.2) is 21.6 Å². The van der Waals surface area contributed by atoms with Crippen LogP contribution >= 0.6 is 11.3 Å². The molecule has 3 rings (SSSR count). The average Bonchev–Trinajstić information content (AvgIpc) is 3.19. The Kier molecular flexibility index (Phi) is 6.26. The third-order valence-electron chi connectivity index (χ3n) is 4.78. The Morgan fingerprint density at radius 3 is 2.81 bits per heavy atom. The van der Waals surface area contributed by atoms with Gasteiger partial charge in [-0.1, -0.05) is 6.92 Å². The molecule has 0 aromatic carbocycles. The van der Waals surface area contributed by atoms with Gasteiger partial charge in [-0.25, -0.2) is 4.98 Å². The van der Waals surface area contributed by atoms with E-state index >= 15 is 0 Å². The Morgan fingerprint density at radius 1 is 1.44 bits per heavy atom. The maximum atomic E-state index is 12.4. The molecule has 7 nitrogen and oxygen atoms in total. The molecule has 1 saturated heterocycles. The normalized spacial score (nSPS) is 16.3. The molecule has 0 radical (unpaired) electrons. The summed E-state index contributed by atoms with van der Waals surface area (Å²) in [5, 5.41) is 13.5. The van der Waals surface area contributed by atoms with E-state index in [1.165, 1.54) is 0 Å². The van der Waals surface area contributed by atoms with Gasteiger partial charge < -0.3 is 19.4 Å². The predicted octanol–water partition coefficient (Wildman–Crippen LogP) is 2.66. The smallest absolute Gasteiger partial charge is 0.271 e. The van der Waals surface area contributed by atoms with E-state index in [2.05, 4.69) is 16.9 Å². The minimum absolute atomic E-state index is 0.0588. The molecule has 0 unspecified atom stereocenters. The summed E-state index contributed by atoms with van der Waals surface area (Å²) in [5.74, 6) is 0.421. The molecule has 2 aromatic heterocycles. The quantitative estimate of drug-likeness (QED) is 0.733. The predicted molar refractivity (Wildman–Crippen MR) is 104 cm³/mol. The zero-order chi connectivity index (χ0) is 19.3. The molecule has 0 aliphatic carbocycles. The van der Waals surface area contributed by atoms with Crippen molar-refractivity contribution in [2.75, 3.05) is 31.7 Å². The Hall–Kier alpha value is -2.21. The molecule has 0 spiro atoms. The number of nitriles is 1. The van der Waals surface area contributed by atoms with Crippen molar-refractivity contribution in [3.8, 4) is 6.07 Å². The first-order chi connectivity index (χ1) is 13.1. The lowest BCUT2D eigenvalue weighted by atomic mass is 10.0. The van der Waals surface area contributed by atoms with Gasteiger partial charge in [-0.3, -0.25) is 4.79 Å². The molecular weight excluding hydrogens is 364 g/mol. The van der Waals surface area contributed by atoms with Gasteiger partial charge in [-0.15, -0.1) is 0 Å². The minimum Gasteiger partial charge on any atom is -0.355 e. The third kappa shape index (κ3) is 4.38. The van der Waals surface area contributed by atoms with Crippen LogP contribution in [0, 0.1) is 11.3 Å². The van der Waals surface area contributed by atoms with E-state index < -0.39 is 11.3 Å². The highest BCUT2D eigenvalue weighted by Gasteiger charge is 2.36. The van der Waals surface area contributed by atoms with Gasteiger partial charge in [0.25, 0.3) is 5.56 Å². The molecule has 144 valence electrons. The Balaban J connectivity index is 1.82. The number of ether oxygens (including phenoxy) is 2. The maximum absolute atomic E-state index is 12.4. The molecule has 0 atom stereocenters. The molecule has 1 aliphatic heterocycles. The monoisotopic (exact) mass is 388 g/mol. The van der Waals surface area contributed by atoms with Crippen molar-refractivity contribution in [2.24, 2.45) is 0 Å². The third-order valence-corrected chi connectivity index (χ3v) is 5.51. The summed E-state index contributed by atoms with van der Waals surface area (Å²) in [6, 6.07) is 4.01. The fourth-order valence-electron chi connectivity index (χ4n) is 3.26. The van der Waals surface area contributed by atoms with E-state index in [0.29, 0.717) is 50.6 Å². The number of hydrogen-bond acceptors (Lipinski definition) is 7. The van der Waals surface area contributed by atoms with Crippen molar-refractivity contribution in [3.63, 3.8) is 0 Å². The molecule has 0 amide bonds. The molecule has 1 fully saturated rings. The molecule has 1 N–H and O–H groups in total. The lowest BCUT2D eigenvalue weighted by Crippen LogP contribution is -2.48. The molecular formula is C19H24N4O3S. The summed E-state index contributed by atoms with van der Waals surface area (Å²) in [7, 11) is 1.66. The van der Waals surface area contributed by atoms with Crippen molar-refractivity contribution in [2.45, 2.75) is 38.4 Å². The largest absolute Gasteiger partial charge is 0.355 e. The zero-order valence-corrected chi connectivity index (χ0v) is 16.5. The van der Waals surface area contributed by atoms with E-state index in [4.69, 9.17) is 9.47 Å². The van der Waals surface area contributed by atoms with Crippen molar-refractivity contribution in [1.82, 2.24) is 9.97 Å². The average molecular weight is 388 g/mol. The van der Waals surface area contributed by atoms with Crippen LogP contribution in [0.5, 0.6) is 0 Å². The number of nitrogens with zero attached hydrogens (tertiary/aromatic N) is 3. The fourth-order valence-corrected chi connectivity index (χ4v) is 3.93. The second-order valence-corrected chi connectivity index (χ2v) is 7.36. The maximum Gasteiger partial charge on any atom is 0.271 e. The Bertz CT molecular complexity index is 849. The SMILES string of the molecule is CCCOC1(OC)CCN(c2nc(Cc3ccsc3)[nH]c(=O)c2C#N)CC1. The number of H-pyrrole nitrogens is 1. The van der Waals surface area contributed by atoms with Crippen LogP contribution in [0.2, 0.25) is 0 Å². The number of thiophene rings is 1. The van der Waals surface area contributed by atoms with Crippen LogP contribution in [0.25, 0.3) is 0 Å². The van der Waals surface area contributed by atoms with Crippen LogP contribution in [0.4, 0.5) is 5.82 Å². The summed E-state index contributed by atoms with van der Waals surface area (Å²) in [6.45, 7) is 3.93. The molecule has 1 aliphatic rings. The Morgan fingerprint density at radius 2 is 2.22 bits per heavy atom. The van der Waals surface area contributed by atoms with Crippen LogP contribution in [0.1, 0.15) is 43.1 Å². The Labute approximate surface area is 162 Å². The number of aromatic amines is 1. The number of nitrogens with one attached hydrogen (secondary N) is 1. The molecule has 0 bridgehead atoms. The summed E-state index contributed by atoms with van der Waals surface area (Å²) < 4.78 is 11.6. The summed E-state index contributed by atoms with van der Waals surface area (Å²) in [6.07, 6.45) is 2.77. The van der Waals surface area contributed by atoms with Gasteiger partial charge in [0.05, 0.1) is 0 Å². The van der Waals surface area contributed by atoms with Gasteiger partial charge in [0.15, 0.2) is 17.2 Å². The first kappa shape index (κ1) is 19.5. The first-order valence-corrected chi connectivity index (χ1v) is 10.0. The number of methoxy groups -OCH3 is 1. The summed E-state index contributed by atoms with van der Waals surface area (Å²) in [4.78, 5) is 21.7. The van der Waals surface area contributed by atoms with Gasteiger partial charge in [0.2, 0.25) is 0 Å². The molecule has 27 heavy (non-hydrogen) atoms. The number of rotatable bonds is 7. The van der Waals surface area contributed by atoms with Crippen LogP contribution in [-0.2, 0) is 15.9 Å². The van der Waals surface area contributed by atoms with E-state index in [1.807, 2.05) is 27.8 Å². The van der Waals surface area contributed by atoms with Crippen molar-refractivity contribution in [3.05, 3.63) is 44.1 Å². The van der Waals surface area contributed by atoms with Gasteiger partial charge in [-0.05, 0) is 28.8 Å². The number of aromatic nitrogens is 2. The summed E-state index contributed by atoms with van der Waals surface area (Å²) >= 11 is 1.60.